The Kier molecular flexibility index (Phi) is 4.54. The highest BCUT2D eigenvalue weighted by Gasteiger charge is 2.33. The molecule has 22 heavy (non-hydrogen) atoms. The minimum Gasteiger partial charge on any atom is -0.338 e. The third-order valence-corrected chi connectivity index (χ3v) is 7.31. The number of thiophene rings is 1. The number of hydrogen-bond acceptors (Lipinski definition) is 5. The number of nitrogens with two attached hydrogens (primary N) is 1. The van der Waals surface area contributed by atoms with Crippen LogP contribution < -0.4 is 5.73 Å². The van der Waals surface area contributed by atoms with Crippen molar-refractivity contribution in [2.75, 3.05) is 26.2 Å². The molecule has 2 fully saturated rings. The Morgan fingerprint density at radius 1 is 1.18 bits per heavy atom. The molecule has 3 rings (SSSR count). The predicted octanol–water partition coefficient (Wildman–Crippen LogP) is 1.10. The number of amides is 1. The van der Waals surface area contributed by atoms with Crippen LogP contribution in [-0.4, -0.2) is 55.8 Å². The number of piperidine rings is 1. The van der Waals surface area contributed by atoms with Gasteiger partial charge in [0.2, 0.25) is 10.0 Å². The molecule has 0 aliphatic carbocycles. The summed E-state index contributed by atoms with van der Waals surface area (Å²) in [6.07, 6.45) is 3.31. The Balaban J connectivity index is 1.84. The number of rotatable bonds is 3. The lowest BCUT2D eigenvalue weighted by atomic mass is 10.1. The van der Waals surface area contributed by atoms with Gasteiger partial charge in [-0.1, -0.05) is 0 Å². The molecule has 2 N–H and O–H groups in total. The van der Waals surface area contributed by atoms with Gasteiger partial charge in [-0.05, 0) is 37.1 Å². The molecule has 1 amide bonds. The number of carbonyl (C=O) groups is 1. The Hall–Kier alpha value is -0.960. The van der Waals surface area contributed by atoms with Crippen LogP contribution >= 0.6 is 11.3 Å². The maximum Gasteiger partial charge on any atom is 0.265 e. The Bertz CT molecular complexity index is 642. The lowest BCUT2D eigenvalue weighted by Gasteiger charge is -2.30. The van der Waals surface area contributed by atoms with E-state index in [2.05, 4.69) is 0 Å². The van der Waals surface area contributed by atoms with Crippen LogP contribution in [0.1, 0.15) is 35.4 Å². The first-order valence-electron chi connectivity index (χ1n) is 7.62. The zero-order chi connectivity index (χ0) is 15.7. The molecule has 0 aromatic carbocycles. The maximum absolute atomic E-state index is 12.7. The molecule has 0 unspecified atom stereocenters. The number of carbonyl (C=O) groups excluding carboxylic acids is 1. The highest BCUT2D eigenvalue weighted by atomic mass is 32.2. The van der Waals surface area contributed by atoms with Crippen molar-refractivity contribution in [1.29, 1.82) is 0 Å². The molecular formula is C14H21N3O3S2. The Morgan fingerprint density at radius 2 is 1.82 bits per heavy atom. The largest absolute Gasteiger partial charge is 0.338 e. The van der Waals surface area contributed by atoms with Crippen molar-refractivity contribution in [1.82, 2.24) is 9.21 Å². The standard InChI is InChI=1S/C14H21N3O3S2/c15-11-3-8-16(9-4-11)14(18)13-12(5-10-21-13)22(19,20)17-6-1-2-7-17/h5,10-11H,1-4,6-9,15H2. The van der Waals surface area contributed by atoms with E-state index in [0.29, 0.717) is 31.1 Å². The van der Waals surface area contributed by atoms with E-state index in [1.54, 1.807) is 16.3 Å². The summed E-state index contributed by atoms with van der Waals surface area (Å²) in [5.41, 5.74) is 5.86. The molecule has 122 valence electrons. The van der Waals surface area contributed by atoms with Crippen LogP contribution in [0.25, 0.3) is 0 Å². The molecule has 6 nitrogen and oxygen atoms in total. The fourth-order valence-corrected chi connectivity index (χ4v) is 5.85. The highest BCUT2D eigenvalue weighted by molar-refractivity contribution is 7.89. The van der Waals surface area contributed by atoms with Crippen LogP contribution in [0.15, 0.2) is 16.3 Å². The van der Waals surface area contributed by atoms with Crippen LogP contribution in [0.4, 0.5) is 0 Å². The molecule has 0 spiro atoms. The lowest BCUT2D eigenvalue weighted by Crippen LogP contribution is -2.43. The minimum atomic E-state index is -3.55. The SMILES string of the molecule is NC1CCN(C(=O)c2sccc2S(=O)(=O)N2CCCC2)CC1. The van der Waals surface area contributed by atoms with Crippen LogP contribution in [0.2, 0.25) is 0 Å². The van der Waals surface area contributed by atoms with Gasteiger partial charge in [-0.15, -0.1) is 11.3 Å². The third kappa shape index (κ3) is 2.92. The van der Waals surface area contributed by atoms with Gasteiger partial charge in [-0.3, -0.25) is 4.79 Å². The number of hydrogen-bond donors (Lipinski definition) is 1. The monoisotopic (exact) mass is 343 g/mol. The maximum atomic E-state index is 12.7. The topological polar surface area (TPSA) is 83.7 Å². The number of sulfonamides is 1. The molecule has 2 saturated heterocycles. The van der Waals surface area contributed by atoms with E-state index in [4.69, 9.17) is 5.73 Å². The molecule has 0 atom stereocenters. The van der Waals surface area contributed by atoms with Gasteiger partial charge < -0.3 is 10.6 Å². The summed E-state index contributed by atoms with van der Waals surface area (Å²) in [4.78, 5) is 14.9. The molecule has 0 bridgehead atoms. The van der Waals surface area contributed by atoms with Gasteiger partial charge in [-0.25, -0.2) is 8.42 Å². The Labute approximate surface area is 134 Å². The first kappa shape index (κ1) is 15.9. The zero-order valence-electron chi connectivity index (χ0n) is 12.4. The highest BCUT2D eigenvalue weighted by Crippen LogP contribution is 2.29. The van der Waals surface area contributed by atoms with Gasteiger partial charge in [-0.2, -0.15) is 4.31 Å². The van der Waals surface area contributed by atoms with Crippen molar-refractivity contribution in [3.05, 3.63) is 16.3 Å². The first-order valence-corrected chi connectivity index (χ1v) is 9.94. The summed E-state index contributed by atoms with van der Waals surface area (Å²) in [5, 5.41) is 1.69. The number of likely N-dealkylation sites (tertiary alicyclic amines) is 1. The van der Waals surface area contributed by atoms with Gasteiger partial charge in [0.1, 0.15) is 9.77 Å². The second-order valence-electron chi connectivity index (χ2n) is 5.85. The average molecular weight is 343 g/mol. The second-order valence-corrected chi connectivity index (χ2v) is 8.68. The van der Waals surface area contributed by atoms with E-state index in [1.807, 2.05) is 0 Å². The summed E-state index contributed by atoms with van der Waals surface area (Å²) in [6, 6.07) is 1.70. The molecule has 8 heteroatoms. The molecule has 0 saturated carbocycles. The molecule has 1 aromatic heterocycles. The average Bonchev–Trinajstić information content (AvgIpc) is 3.19. The van der Waals surface area contributed by atoms with Crippen molar-refractivity contribution in [2.24, 2.45) is 5.73 Å². The molecule has 2 aliphatic rings. The predicted molar refractivity (Wildman–Crippen MR) is 85.4 cm³/mol. The van der Waals surface area contributed by atoms with Crippen LogP contribution in [0.5, 0.6) is 0 Å². The van der Waals surface area contributed by atoms with Crippen LogP contribution in [0.3, 0.4) is 0 Å². The smallest absolute Gasteiger partial charge is 0.265 e. The van der Waals surface area contributed by atoms with Crippen molar-refractivity contribution in [3.63, 3.8) is 0 Å². The van der Waals surface area contributed by atoms with Crippen molar-refractivity contribution in [3.8, 4) is 0 Å². The van der Waals surface area contributed by atoms with Crippen LogP contribution in [0, 0.1) is 0 Å². The molecule has 2 aliphatic heterocycles. The molecule has 3 heterocycles. The summed E-state index contributed by atoms with van der Waals surface area (Å²) in [5.74, 6) is -0.181. The summed E-state index contributed by atoms with van der Waals surface area (Å²) >= 11 is 1.21. The Morgan fingerprint density at radius 3 is 2.45 bits per heavy atom. The molecule has 0 radical (unpaired) electrons. The minimum absolute atomic E-state index is 0.139. The van der Waals surface area contributed by atoms with Gasteiger partial charge in [0.25, 0.3) is 5.91 Å². The van der Waals surface area contributed by atoms with E-state index < -0.39 is 10.0 Å². The van der Waals surface area contributed by atoms with Crippen molar-refractivity contribution in [2.45, 2.75) is 36.6 Å². The van der Waals surface area contributed by atoms with Gasteiger partial charge >= 0.3 is 0 Å². The van der Waals surface area contributed by atoms with Crippen LogP contribution in [-0.2, 0) is 10.0 Å². The second kappa shape index (κ2) is 6.27. The van der Waals surface area contributed by atoms with Gasteiger partial charge in [0.05, 0.1) is 0 Å². The van der Waals surface area contributed by atoms with Crippen molar-refractivity contribution >= 4 is 27.3 Å². The third-order valence-electron chi connectivity index (χ3n) is 4.33. The summed E-state index contributed by atoms with van der Waals surface area (Å²) in [7, 11) is -3.55. The summed E-state index contributed by atoms with van der Waals surface area (Å²) in [6.45, 7) is 2.29. The fraction of sp³-hybridized carbons (Fsp3) is 0.643. The zero-order valence-corrected chi connectivity index (χ0v) is 14.0. The molecular weight excluding hydrogens is 322 g/mol. The van der Waals surface area contributed by atoms with Crippen molar-refractivity contribution < 1.29 is 13.2 Å². The van der Waals surface area contributed by atoms with E-state index in [0.717, 1.165) is 25.7 Å². The van der Waals surface area contributed by atoms with Gasteiger partial charge in [0.15, 0.2) is 0 Å². The molecule has 1 aromatic rings. The van der Waals surface area contributed by atoms with E-state index >= 15 is 0 Å². The first-order chi connectivity index (χ1) is 10.5. The summed E-state index contributed by atoms with van der Waals surface area (Å²) < 4.78 is 26.9. The van der Waals surface area contributed by atoms with E-state index in [1.165, 1.54) is 15.6 Å². The van der Waals surface area contributed by atoms with E-state index in [-0.39, 0.29) is 16.8 Å². The normalized spacial score (nSPS) is 21.4. The van der Waals surface area contributed by atoms with E-state index in [9.17, 15) is 13.2 Å². The lowest BCUT2D eigenvalue weighted by molar-refractivity contribution is 0.0716. The fourth-order valence-electron chi connectivity index (χ4n) is 2.97. The quantitative estimate of drug-likeness (QED) is 0.891. The van der Waals surface area contributed by atoms with Gasteiger partial charge in [0, 0.05) is 32.2 Å². The number of nitrogens with zero attached hydrogens (tertiary/aromatic N) is 2.